The molecule has 0 N–H and O–H groups in total. The standard InChI is InChI=1S/Ba.4Na/q+2;4*+1. The Labute approximate surface area is 162 Å². The quantitative estimate of drug-likeness (QED) is 0.362. The van der Waals surface area contributed by atoms with Gasteiger partial charge in [-0.15, -0.1) is 0 Å². The predicted octanol–water partition coefficient (Wildman–Crippen LogP) is -12.4. The third-order valence-corrected chi connectivity index (χ3v) is 0. The van der Waals surface area contributed by atoms with Gasteiger partial charge >= 0.3 is 167 Å². The van der Waals surface area contributed by atoms with Gasteiger partial charge in [0.2, 0.25) is 0 Å². The zero-order valence-corrected chi connectivity index (χ0v) is 17.1. The van der Waals surface area contributed by atoms with Crippen molar-refractivity contribution in [2.75, 3.05) is 0 Å². The second kappa shape index (κ2) is 22.7. The molecule has 0 bridgehead atoms. The van der Waals surface area contributed by atoms with Crippen molar-refractivity contribution < 1.29 is 118 Å². The van der Waals surface area contributed by atoms with Gasteiger partial charge in [0, 0.05) is 0 Å². The molecule has 0 aromatic rings. The molecule has 0 spiro atoms. The van der Waals surface area contributed by atoms with E-state index in [1.807, 2.05) is 0 Å². The van der Waals surface area contributed by atoms with Crippen molar-refractivity contribution in [3.8, 4) is 0 Å². The van der Waals surface area contributed by atoms with E-state index in [1.54, 1.807) is 0 Å². The van der Waals surface area contributed by atoms with Gasteiger partial charge in [0.05, 0.1) is 0 Å². The predicted molar refractivity (Wildman–Crippen MR) is 5.75 cm³/mol. The van der Waals surface area contributed by atoms with Crippen molar-refractivity contribution in [2.24, 2.45) is 0 Å². The zero-order chi connectivity index (χ0) is 0. The van der Waals surface area contributed by atoms with Crippen LogP contribution in [0.1, 0.15) is 0 Å². The first-order valence-electron chi connectivity index (χ1n) is 0. The minimum Gasteiger partial charge on any atom is 1.00 e. The van der Waals surface area contributed by atoms with E-state index in [-0.39, 0.29) is 167 Å². The third-order valence-electron chi connectivity index (χ3n) is 0. The van der Waals surface area contributed by atoms with Gasteiger partial charge in [-0.2, -0.15) is 0 Å². The molecule has 0 valence electrons. The van der Waals surface area contributed by atoms with Crippen molar-refractivity contribution in [3.63, 3.8) is 0 Å². The van der Waals surface area contributed by atoms with E-state index in [9.17, 15) is 0 Å². The molecular weight excluding hydrogens is 229 g/mol. The Kier molecular flexibility index (Phi) is 141. The second-order valence-electron chi connectivity index (χ2n) is 0. The molecule has 5 heteroatoms. The Morgan fingerprint density at radius 2 is 0.400 bits per heavy atom. The molecular formula is BaNa4+6. The molecule has 5 heavy (non-hydrogen) atoms. The van der Waals surface area contributed by atoms with Gasteiger partial charge < -0.3 is 0 Å². The van der Waals surface area contributed by atoms with Gasteiger partial charge in [-0.05, 0) is 0 Å². The zero-order valence-electron chi connectivity index (χ0n) is 4.71. The van der Waals surface area contributed by atoms with E-state index >= 15 is 0 Å². The topological polar surface area (TPSA) is 0 Å². The molecule has 0 saturated heterocycles. The van der Waals surface area contributed by atoms with Crippen LogP contribution in [-0.2, 0) is 0 Å². The summed E-state index contributed by atoms with van der Waals surface area (Å²) in [6, 6.07) is 0. The van der Waals surface area contributed by atoms with Crippen LogP contribution in [0.5, 0.6) is 0 Å². The summed E-state index contributed by atoms with van der Waals surface area (Å²) in [6.45, 7) is 0. The first-order valence-corrected chi connectivity index (χ1v) is 0. The van der Waals surface area contributed by atoms with E-state index in [0.29, 0.717) is 0 Å². The molecule has 0 amide bonds. The van der Waals surface area contributed by atoms with Gasteiger partial charge in [-0.3, -0.25) is 0 Å². The molecule has 0 unspecified atom stereocenters. The van der Waals surface area contributed by atoms with Crippen molar-refractivity contribution in [1.29, 1.82) is 0 Å². The number of hydrogen-bond acceptors (Lipinski definition) is 0. The summed E-state index contributed by atoms with van der Waals surface area (Å²) < 4.78 is 0. The number of rotatable bonds is 0. The van der Waals surface area contributed by atoms with E-state index in [0.717, 1.165) is 0 Å². The third kappa shape index (κ3) is 17.7. The molecule has 0 atom stereocenters. The van der Waals surface area contributed by atoms with Crippen molar-refractivity contribution >= 4 is 48.9 Å². The van der Waals surface area contributed by atoms with Crippen LogP contribution in [0.3, 0.4) is 0 Å². The average Bonchev–Trinajstić information content (AvgIpc) is 0. The molecule has 0 aliphatic heterocycles. The van der Waals surface area contributed by atoms with E-state index in [1.165, 1.54) is 0 Å². The molecule has 0 aromatic carbocycles. The molecule has 0 fully saturated rings. The van der Waals surface area contributed by atoms with Gasteiger partial charge in [-0.1, -0.05) is 0 Å². The van der Waals surface area contributed by atoms with Crippen LogP contribution in [0.15, 0.2) is 0 Å². The van der Waals surface area contributed by atoms with Crippen LogP contribution in [-0.4, -0.2) is 48.9 Å². The van der Waals surface area contributed by atoms with E-state index < -0.39 is 0 Å². The van der Waals surface area contributed by atoms with Crippen LogP contribution in [0.4, 0.5) is 0 Å². The summed E-state index contributed by atoms with van der Waals surface area (Å²) in [6.07, 6.45) is 0. The molecule has 0 aliphatic carbocycles. The Hall–Kier alpha value is 5.57. The Morgan fingerprint density at radius 1 is 0.400 bits per heavy atom. The summed E-state index contributed by atoms with van der Waals surface area (Å²) in [4.78, 5) is 0. The Balaban J connectivity index is 0. The van der Waals surface area contributed by atoms with Gasteiger partial charge in [0.25, 0.3) is 0 Å². The molecule has 0 rings (SSSR count). The molecule has 0 aliphatic rings. The molecule has 0 radical (unpaired) electrons. The van der Waals surface area contributed by atoms with Crippen molar-refractivity contribution in [2.45, 2.75) is 0 Å². The summed E-state index contributed by atoms with van der Waals surface area (Å²) in [5.74, 6) is 0. The fourth-order valence-corrected chi connectivity index (χ4v) is 0. The average molecular weight is 229 g/mol. The largest absolute Gasteiger partial charge is 2.00 e. The molecule has 0 saturated carbocycles. The fraction of sp³-hybridized carbons (Fsp3) is 0. The maximum absolute atomic E-state index is 0. The minimum atomic E-state index is 0. The maximum Gasteiger partial charge on any atom is 2.00 e. The van der Waals surface area contributed by atoms with E-state index in [2.05, 4.69) is 0 Å². The Morgan fingerprint density at radius 3 is 0.400 bits per heavy atom. The van der Waals surface area contributed by atoms with Gasteiger partial charge in [0.1, 0.15) is 0 Å². The summed E-state index contributed by atoms with van der Waals surface area (Å²) in [5.41, 5.74) is 0. The summed E-state index contributed by atoms with van der Waals surface area (Å²) in [7, 11) is 0. The van der Waals surface area contributed by atoms with E-state index in [4.69, 9.17) is 0 Å². The number of hydrogen-bond donors (Lipinski definition) is 0. The SMILES string of the molecule is [Ba+2].[Na+].[Na+].[Na+].[Na+]. The monoisotopic (exact) mass is 230 g/mol. The van der Waals surface area contributed by atoms with Crippen LogP contribution < -0.4 is 118 Å². The molecule has 0 heterocycles. The summed E-state index contributed by atoms with van der Waals surface area (Å²) in [5, 5.41) is 0. The smallest absolute Gasteiger partial charge is 1.00 e. The normalized spacial score (nSPS) is 0. The van der Waals surface area contributed by atoms with Crippen LogP contribution in [0, 0.1) is 0 Å². The van der Waals surface area contributed by atoms with Gasteiger partial charge in [-0.25, -0.2) is 0 Å². The fourth-order valence-electron chi connectivity index (χ4n) is 0. The van der Waals surface area contributed by atoms with Crippen molar-refractivity contribution in [1.82, 2.24) is 0 Å². The molecule has 0 nitrogen and oxygen atoms in total. The second-order valence-corrected chi connectivity index (χ2v) is 0. The van der Waals surface area contributed by atoms with Crippen LogP contribution in [0.2, 0.25) is 0 Å². The Bertz CT molecular complexity index is 3.61. The summed E-state index contributed by atoms with van der Waals surface area (Å²) >= 11 is 0. The van der Waals surface area contributed by atoms with Crippen molar-refractivity contribution in [3.05, 3.63) is 0 Å². The maximum atomic E-state index is 0. The minimum absolute atomic E-state index is 0. The van der Waals surface area contributed by atoms with Crippen LogP contribution in [0.25, 0.3) is 0 Å². The molecule has 0 aromatic heterocycles. The van der Waals surface area contributed by atoms with Crippen LogP contribution >= 0.6 is 0 Å². The first-order chi connectivity index (χ1) is 0. The van der Waals surface area contributed by atoms with Gasteiger partial charge in [0.15, 0.2) is 0 Å². The first kappa shape index (κ1) is 31.2.